The van der Waals surface area contributed by atoms with Crippen LogP contribution in [0.1, 0.15) is 6.92 Å². The summed E-state index contributed by atoms with van der Waals surface area (Å²) in [6, 6.07) is 0. The fourth-order valence-electron chi connectivity index (χ4n) is 0.519. The molecular weight excluding hydrogens is 114 g/mol. The number of nitrogens with two attached hydrogens (primary N) is 1. The van der Waals surface area contributed by atoms with Crippen LogP contribution in [0.25, 0.3) is 0 Å². The number of hydrogen-bond donors (Lipinski definition) is 1. The van der Waals surface area contributed by atoms with E-state index in [2.05, 4.69) is 9.98 Å². The Morgan fingerprint density at radius 3 is 3.11 bits per heavy atom. The van der Waals surface area contributed by atoms with Gasteiger partial charge in [-0.3, -0.25) is 9.98 Å². The van der Waals surface area contributed by atoms with Crippen molar-refractivity contribution in [2.45, 2.75) is 12.6 Å². The van der Waals surface area contributed by atoms with Crippen molar-refractivity contribution in [3.63, 3.8) is 0 Å². The highest BCUT2D eigenvalue weighted by Gasteiger charge is 2.10. The monoisotopic (exact) mass is 123 g/mol. The average Bonchev–Trinajstić information content (AvgIpc) is 1.92. The molecule has 0 aliphatic carbocycles. The van der Waals surface area contributed by atoms with E-state index >= 15 is 0 Å². The summed E-state index contributed by atoms with van der Waals surface area (Å²) in [6.07, 6.45) is 6.65. The van der Waals surface area contributed by atoms with Gasteiger partial charge < -0.3 is 5.73 Å². The summed E-state index contributed by atoms with van der Waals surface area (Å²) in [7, 11) is 0. The van der Waals surface area contributed by atoms with Crippen molar-refractivity contribution in [1.29, 1.82) is 0 Å². The average molecular weight is 123 g/mol. The molecule has 48 valence electrons. The van der Waals surface area contributed by atoms with Gasteiger partial charge in [-0.25, -0.2) is 0 Å². The van der Waals surface area contributed by atoms with Gasteiger partial charge in [-0.15, -0.1) is 0 Å². The molecule has 0 saturated carbocycles. The van der Waals surface area contributed by atoms with Gasteiger partial charge in [-0.2, -0.15) is 0 Å². The topological polar surface area (TPSA) is 50.7 Å². The molecule has 1 rings (SSSR count). The van der Waals surface area contributed by atoms with Crippen molar-refractivity contribution in [2.75, 3.05) is 0 Å². The maximum atomic E-state index is 5.59. The van der Waals surface area contributed by atoms with E-state index in [-0.39, 0.29) is 0 Å². The van der Waals surface area contributed by atoms with Gasteiger partial charge in [0.15, 0.2) is 0 Å². The second-order valence-corrected chi connectivity index (χ2v) is 2.12. The summed E-state index contributed by atoms with van der Waals surface area (Å²) in [5.74, 6) is 0. The smallest absolute Gasteiger partial charge is 0.141 e. The number of nitrogens with zero attached hydrogens (tertiary/aromatic N) is 2. The fourth-order valence-corrected chi connectivity index (χ4v) is 0.519. The third-order valence-corrected chi connectivity index (χ3v) is 0.947. The lowest BCUT2D eigenvalue weighted by molar-refractivity contribution is 0.683. The van der Waals surface area contributed by atoms with Crippen LogP contribution in [0.2, 0.25) is 0 Å². The molecule has 0 fully saturated rings. The maximum Gasteiger partial charge on any atom is 0.141 e. The zero-order valence-electron chi connectivity index (χ0n) is 5.28. The van der Waals surface area contributed by atoms with Gasteiger partial charge in [0.2, 0.25) is 0 Å². The molecule has 0 saturated heterocycles. The molecule has 0 aromatic carbocycles. The first-order chi connectivity index (χ1) is 4.21. The summed E-state index contributed by atoms with van der Waals surface area (Å²) in [5.41, 5.74) is 4.97. The predicted molar refractivity (Wildman–Crippen MR) is 38.7 cm³/mol. The van der Waals surface area contributed by atoms with Crippen LogP contribution >= 0.6 is 0 Å². The number of rotatable bonds is 0. The van der Waals surface area contributed by atoms with Gasteiger partial charge >= 0.3 is 0 Å². The molecular formula is C6H9N3. The Morgan fingerprint density at radius 1 is 1.56 bits per heavy atom. The molecule has 2 N–H and O–H groups in total. The highest BCUT2D eigenvalue weighted by molar-refractivity contribution is 5.79. The van der Waals surface area contributed by atoms with Crippen molar-refractivity contribution in [2.24, 2.45) is 15.7 Å². The van der Waals surface area contributed by atoms with Gasteiger partial charge in [-0.1, -0.05) is 0 Å². The molecule has 9 heavy (non-hydrogen) atoms. The van der Waals surface area contributed by atoms with Crippen molar-refractivity contribution < 1.29 is 0 Å². The zero-order valence-corrected chi connectivity index (χ0v) is 5.28. The van der Waals surface area contributed by atoms with Gasteiger partial charge in [0.05, 0.1) is 0 Å². The van der Waals surface area contributed by atoms with Gasteiger partial charge in [0.25, 0.3) is 0 Å². The third kappa shape index (κ3) is 1.77. The van der Waals surface area contributed by atoms with Gasteiger partial charge in [-0.05, 0) is 13.0 Å². The van der Waals surface area contributed by atoms with Crippen LogP contribution in [0.3, 0.4) is 0 Å². The SMILES string of the molecule is CC1(N)C=NC=CC=N1. The molecule has 0 aromatic rings. The molecule has 0 aromatic heterocycles. The van der Waals surface area contributed by atoms with Crippen LogP contribution in [0.5, 0.6) is 0 Å². The lowest BCUT2D eigenvalue weighted by atomic mass is 10.3. The Bertz CT molecular complexity index is 159. The van der Waals surface area contributed by atoms with Crippen LogP contribution < -0.4 is 5.73 Å². The Balaban J connectivity index is 2.82. The first-order valence-electron chi connectivity index (χ1n) is 2.74. The number of aliphatic imine (C=N–C) groups is 2. The molecule has 0 bridgehead atoms. The molecule has 3 heteroatoms. The summed E-state index contributed by atoms with van der Waals surface area (Å²) in [4.78, 5) is 7.84. The van der Waals surface area contributed by atoms with Crippen LogP contribution in [0, 0.1) is 0 Å². The van der Waals surface area contributed by atoms with E-state index in [4.69, 9.17) is 5.73 Å². The van der Waals surface area contributed by atoms with Crippen molar-refractivity contribution in [1.82, 2.24) is 0 Å². The van der Waals surface area contributed by atoms with Gasteiger partial charge in [0.1, 0.15) is 5.66 Å². The Labute approximate surface area is 54.0 Å². The number of allylic oxidation sites excluding steroid dienone is 1. The Hall–Kier alpha value is -0.960. The minimum atomic E-state index is -0.622. The van der Waals surface area contributed by atoms with Gasteiger partial charge in [0, 0.05) is 18.6 Å². The lowest BCUT2D eigenvalue weighted by Crippen LogP contribution is -2.35. The number of hydrogen-bond acceptors (Lipinski definition) is 3. The molecule has 1 unspecified atom stereocenters. The summed E-state index contributed by atoms with van der Waals surface area (Å²) < 4.78 is 0. The standard InChI is InChI=1S/C6H9N3/c1-6(7)5-8-3-2-4-9-6/h2-5H,7H2,1H3. The molecule has 1 atom stereocenters. The van der Waals surface area contributed by atoms with Crippen molar-refractivity contribution >= 4 is 12.4 Å². The lowest BCUT2D eigenvalue weighted by Gasteiger charge is -2.10. The predicted octanol–water partition coefficient (Wildman–Crippen LogP) is 0.330. The largest absolute Gasteiger partial charge is 0.303 e. The molecule has 1 heterocycles. The van der Waals surface area contributed by atoms with E-state index in [1.807, 2.05) is 0 Å². The quantitative estimate of drug-likeness (QED) is 0.495. The van der Waals surface area contributed by atoms with Crippen LogP contribution in [0.4, 0.5) is 0 Å². The van der Waals surface area contributed by atoms with Crippen molar-refractivity contribution in [3.05, 3.63) is 12.3 Å². The van der Waals surface area contributed by atoms with Crippen LogP contribution in [0.15, 0.2) is 22.3 Å². The molecule has 0 spiro atoms. The van der Waals surface area contributed by atoms with E-state index < -0.39 is 5.66 Å². The first kappa shape index (κ1) is 6.16. The molecule has 1 aliphatic heterocycles. The van der Waals surface area contributed by atoms with E-state index in [9.17, 15) is 0 Å². The van der Waals surface area contributed by atoms with E-state index in [1.165, 1.54) is 0 Å². The van der Waals surface area contributed by atoms with Crippen LogP contribution in [-0.2, 0) is 0 Å². The maximum absolute atomic E-state index is 5.59. The zero-order chi connectivity index (χ0) is 6.74. The summed E-state index contributed by atoms with van der Waals surface area (Å²) in [6.45, 7) is 1.79. The van der Waals surface area contributed by atoms with Crippen molar-refractivity contribution in [3.8, 4) is 0 Å². The third-order valence-electron chi connectivity index (χ3n) is 0.947. The minimum absolute atomic E-state index is 0.622. The van der Waals surface area contributed by atoms with E-state index in [0.717, 1.165) is 0 Å². The highest BCUT2D eigenvalue weighted by Crippen LogP contribution is 1.98. The van der Waals surface area contributed by atoms with E-state index in [1.54, 1.807) is 31.6 Å². The Morgan fingerprint density at radius 2 is 2.33 bits per heavy atom. The van der Waals surface area contributed by atoms with Crippen LogP contribution in [-0.4, -0.2) is 18.1 Å². The fraction of sp³-hybridized carbons (Fsp3) is 0.333. The highest BCUT2D eigenvalue weighted by atomic mass is 15.0. The summed E-state index contributed by atoms with van der Waals surface area (Å²) >= 11 is 0. The minimum Gasteiger partial charge on any atom is -0.303 e. The Kier molecular flexibility index (Phi) is 1.44. The molecule has 3 nitrogen and oxygen atoms in total. The summed E-state index contributed by atoms with van der Waals surface area (Å²) in [5, 5.41) is 0. The first-order valence-corrected chi connectivity index (χ1v) is 2.74. The molecule has 1 aliphatic rings. The molecule has 0 amide bonds. The molecule has 0 radical (unpaired) electrons. The second-order valence-electron chi connectivity index (χ2n) is 2.12. The van der Waals surface area contributed by atoms with E-state index in [0.29, 0.717) is 0 Å². The normalized spacial score (nSPS) is 32.7. The second kappa shape index (κ2) is 2.11.